The zero-order valence-electron chi connectivity index (χ0n) is 8.59. The molecule has 1 aromatic heterocycles. The van der Waals surface area contributed by atoms with Gasteiger partial charge in [0.25, 0.3) is 0 Å². The van der Waals surface area contributed by atoms with Crippen molar-refractivity contribution in [1.82, 2.24) is 4.98 Å². The van der Waals surface area contributed by atoms with E-state index in [9.17, 15) is 22.4 Å². The minimum atomic E-state index is -4.37. The number of rotatable bonds is 3. The molecule has 0 amide bonds. The predicted molar refractivity (Wildman–Crippen MR) is 56.4 cm³/mol. The summed E-state index contributed by atoms with van der Waals surface area (Å²) in [7, 11) is 0. The van der Waals surface area contributed by atoms with E-state index in [1.54, 1.807) is 0 Å². The molecule has 0 fully saturated rings. The Bertz CT molecular complexity index is 622. The minimum Gasteiger partial charge on any atom is -0.408 e. The molecule has 2 rings (SSSR count). The molecule has 0 saturated heterocycles. The average molecular weight is 284 g/mol. The maximum absolute atomic E-state index is 13.0. The molecule has 1 atom stereocenters. The van der Waals surface area contributed by atoms with Crippen LogP contribution in [0.2, 0.25) is 0 Å². The zero-order valence-corrected chi connectivity index (χ0v) is 9.35. The van der Waals surface area contributed by atoms with E-state index >= 15 is 0 Å². The van der Waals surface area contributed by atoms with Gasteiger partial charge >= 0.3 is 18.1 Å². The fourth-order valence-corrected chi connectivity index (χ4v) is 1.68. The summed E-state index contributed by atoms with van der Waals surface area (Å²) >= 11 is 5.34. The van der Waals surface area contributed by atoms with Crippen LogP contribution < -0.4 is 5.76 Å². The average Bonchev–Trinajstić information content (AvgIpc) is 2.66. The van der Waals surface area contributed by atoms with Crippen LogP contribution in [0.5, 0.6) is 0 Å². The molecule has 1 aromatic carbocycles. The molecule has 0 aliphatic rings. The third-order valence-corrected chi connectivity index (χ3v) is 2.91. The molecule has 8 heteroatoms. The fraction of sp³-hybridized carbons (Fsp3) is 0.300. The van der Waals surface area contributed by atoms with E-state index in [1.165, 1.54) is 6.07 Å². The van der Waals surface area contributed by atoms with E-state index in [0.717, 1.165) is 12.1 Å². The predicted octanol–water partition coefficient (Wildman–Crippen LogP) is 3.30. The number of nitrogens with one attached hydrogen (secondary N) is 1. The zero-order chi connectivity index (χ0) is 13.5. The van der Waals surface area contributed by atoms with Crippen molar-refractivity contribution in [1.29, 1.82) is 0 Å². The van der Waals surface area contributed by atoms with E-state index in [-0.39, 0.29) is 16.7 Å². The number of alkyl halides is 5. The van der Waals surface area contributed by atoms with Gasteiger partial charge in [-0.15, -0.1) is 11.6 Å². The highest BCUT2D eigenvalue weighted by Crippen LogP contribution is 2.41. The summed E-state index contributed by atoms with van der Waals surface area (Å²) in [5.74, 6) is -5.14. The third-order valence-electron chi connectivity index (χ3n) is 2.37. The van der Waals surface area contributed by atoms with Crippen LogP contribution in [0.3, 0.4) is 0 Å². The molecule has 98 valence electrons. The largest absolute Gasteiger partial charge is 0.417 e. The van der Waals surface area contributed by atoms with Gasteiger partial charge in [-0.1, -0.05) is 6.07 Å². The number of aromatic nitrogens is 1. The topological polar surface area (TPSA) is 46.0 Å². The van der Waals surface area contributed by atoms with Gasteiger partial charge in [-0.3, -0.25) is 4.98 Å². The molecule has 0 bridgehead atoms. The van der Waals surface area contributed by atoms with Crippen molar-refractivity contribution in [3.8, 4) is 0 Å². The molecule has 0 radical (unpaired) electrons. The molecular formula is C10H6ClF4NO2. The molecule has 2 aromatic rings. The second-order valence-electron chi connectivity index (χ2n) is 3.61. The Balaban J connectivity index is 2.44. The van der Waals surface area contributed by atoms with Crippen LogP contribution in [0.15, 0.2) is 27.4 Å². The van der Waals surface area contributed by atoms with Crippen molar-refractivity contribution >= 4 is 22.7 Å². The summed E-state index contributed by atoms with van der Waals surface area (Å²) in [5.41, 5.74) is -0.00147. The molecule has 0 aliphatic carbocycles. The number of oxazole rings is 1. The van der Waals surface area contributed by atoms with Gasteiger partial charge in [0, 0.05) is 0 Å². The van der Waals surface area contributed by atoms with Gasteiger partial charge in [-0.05, 0) is 17.7 Å². The van der Waals surface area contributed by atoms with Crippen molar-refractivity contribution < 1.29 is 22.0 Å². The van der Waals surface area contributed by atoms with Crippen molar-refractivity contribution in [2.75, 3.05) is 0 Å². The summed E-state index contributed by atoms with van der Waals surface area (Å²) < 4.78 is 55.0. The van der Waals surface area contributed by atoms with Crippen molar-refractivity contribution in [3.05, 3.63) is 34.3 Å². The molecule has 0 aliphatic heterocycles. The smallest absolute Gasteiger partial charge is 0.408 e. The van der Waals surface area contributed by atoms with Gasteiger partial charge in [-0.2, -0.15) is 8.78 Å². The number of hydrogen-bond donors (Lipinski definition) is 1. The van der Waals surface area contributed by atoms with Crippen molar-refractivity contribution in [2.45, 2.75) is 17.7 Å². The number of H-pyrrole nitrogens is 1. The highest BCUT2D eigenvalue weighted by molar-refractivity contribution is 6.21. The number of fused-ring (bicyclic) bond motifs is 1. The fourth-order valence-electron chi connectivity index (χ4n) is 1.45. The van der Waals surface area contributed by atoms with Crippen LogP contribution in [0, 0.1) is 0 Å². The molecule has 3 nitrogen and oxygen atoms in total. The van der Waals surface area contributed by atoms with Gasteiger partial charge < -0.3 is 4.42 Å². The first-order chi connectivity index (χ1) is 8.32. The number of aromatic amines is 1. The first-order valence-corrected chi connectivity index (χ1v) is 5.19. The van der Waals surface area contributed by atoms with Crippen LogP contribution in [-0.4, -0.2) is 17.3 Å². The molecular weight excluding hydrogens is 278 g/mol. The van der Waals surface area contributed by atoms with Crippen LogP contribution in [0.1, 0.15) is 10.9 Å². The maximum Gasteiger partial charge on any atom is 0.417 e. The van der Waals surface area contributed by atoms with E-state index < -0.39 is 23.5 Å². The maximum atomic E-state index is 13.0. The summed E-state index contributed by atoms with van der Waals surface area (Å²) in [6.07, 6.45) is -3.88. The monoisotopic (exact) mass is 283 g/mol. The van der Waals surface area contributed by atoms with E-state index in [0.29, 0.717) is 0 Å². The van der Waals surface area contributed by atoms with E-state index in [1.807, 2.05) is 0 Å². The standard InChI is InChI=1S/C10H6ClF4NO2/c11-7(10(14,15)8(12)13)4-1-2-5-6(3-4)18-9(17)16-5/h1-3,7-8H,(H,16,17). The second-order valence-corrected chi connectivity index (χ2v) is 4.04. The molecule has 1 heterocycles. The number of halogens is 5. The van der Waals surface area contributed by atoms with E-state index in [2.05, 4.69) is 9.40 Å². The highest BCUT2D eigenvalue weighted by atomic mass is 35.5. The van der Waals surface area contributed by atoms with Gasteiger partial charge in [0.2, 0.25) is 0 Å². The lowest BCUT2D eigenvalue weighted by molar-refractivity contribution is -0.130. The summed E-state index contributed by atoms with van der Waals surface area (Å²) in [6, 6.07) is 3.41. The Labute approximate surface area is 102 Å². The first-order valence-electron chi connectivity index (χ1n) is 4.75. The summed E-state index contributed by atoms with van der Waals surface area (Å²) in [6.45, 7) is 0. The van der Waals surface area contributed by atoms with Crippen molar-refractivity contribution in [2.24, 2.45) is 0 Å². The van der Waals surface area contributed by atoms with Crippen LogP contribution >= 0.6 is 11.6 Å². The number of hydrogen-bond acceptors (Lipinski definition) is 2. The Kier molecular flexibility index (Phi) is 3.10. The first kappa shape index (κ1) is 12.9. The Morgan fingerprint density at radius 3 is 2.61 bits per heavy atom. The van der Waals surface area contributed by atoms with Crippen LogP contribution in [-0.2, 0) is 0 Å². The normalized spacial score (nSPS) is 14.3. The Morgan fingerprint density at radius 2 is 2.00 bits per heavy atom. The van der Waals surface area contributed by atoms with Gasteiger partial charge in [-0.25, -0.2) is 13.6 Å². The molecule has 18 heavy (non-hydrogen) atoms. The summed E-state index contributed by atoms with van der Waals surface area (Å²) in [4.78, 5) is 13.1. The third kappa shape index (κ3) is 2.10. The molecule has 0 saturated carbocycles. The SMILES string of the molecule is O=c1[nH]c2ccc(C(Cl)C(F)(F)C(F)F)cc2o1. The van der Waals surface area contributed by atoms with Crippen LogP contribution in [0.4, 0.5) is 17.6 Å². The summed E-state index contributed by atoms with van der Waals surface area (Å²) in [5, 5.41) is -2.21. The minimum absolute atomic E-state index is 0.0202. The van der Waals surface area contributed by atoms with Crippen molar-refractivity contribution in [3.63, 3.8) is 0 Å². The lowest BCUT2D eigenvalue weighted by atomic mass is 10.1. The molecule has 0 spiro atoms. The quantitative estimate of drug-likeness (QED) is 0.694. The second kappa shape index (κ2) is 4.31. The Morgan fingerprint density at radius 1 is 1.33 bits per heavy atom. The molecule has 1 unspecified atom stereocenters. The van der Waals surface area contributed by atoms with Gasteiger partial charge in [0.05, 0.1) is 5.52 Å². The lowest BCUT2D eigenvalue weighted by Crippen LogP contribution is -2.31. The molecule has 1 N–H and O–H groups in total. The lowest BCUT2D eigenvalue weighted by Gasteiger charge is -2.20. The van der Waals surface area contributed by atoms with Gasteiger partial charge in [0.1, 0.15) is 5.38 Å². The van der Waals surface area contributed by atoms with Crippen LogP contribution in [0.25, 0.3) is 11.1 Å². The highest BCUT2D eigenvalue weighted by Gasteiger charge is 2.48. The number of benzene rings is 1. The van der Waals surface area contributed by atoms with E-state index in [4.69, 9.17) is 11.6 Å². The van der Waals surface area contributed by atoms with Gasteiger partial charge in [0.15, 0.2) is 5.58 Å². The Hall–Kier alpha value is -1.50.